The summed E-state index contributed by atoms with van der Waals surface area (Å²) in [6.07, 6.45) is 0. The second-order valence-corrected chi connectivity index (χ2v) is 5.30. The van der Waals surface area contributed by atoms with Crippen molar-refractivity contribution in [3.8, 4) is 0 Å². The van der Waals surface area contributed by atoms with Crippen molar-refractivity contribution in [1.29, 1.82) is 0 Å². The average molecular weight is 272 g/mol. The predicted octanol–water partition coefficient (Wildman–Crippen LogP) is 3.79. The third kappa shape index (κ3) is 3.17. The van der Waals surface area contributed by atoms with Gasteiger partial charge in [-0.05, 0) is 31.5 Å². The lowest BCUT2D eigenvalue weighted by Gasteiger charge is -2.24. The van der Waals surface area contributed by atoms with Crippen LogP contribution in [0.5, 0.6) is 0 Å². The summed E-state index contributed by atoms with van der Waals surface area (Å²) in [7, 11) is 1.96. The Morgan fingerprint density at radius 1 is 1.15 bits per heavy atom. The first-order chi connectivity index (χ1) is 9.49. The van der Waals surface area contributed by atoms with Gasteiger partial charge in [-0.15, -0.1) is 0 Å². The van der Waals surface area contributed by atoms with Gasteiger partial charge in [0, 0.05) is 30.9 Å². The number of benzene rings is 2. The molecule has 0 aliphatic carbocycles. The van der Waals surface area contributed by atoms with Gasteiger partial charge in [0.1, 0.15) is 5.82 Å². The molecule has 1 atom stereocenters. The Balaban J connectivity index is 2.27. The second kappa shape index (κ2) is 6.06. The van der Waals surface area contributed by atoms with Gasteiger partial charge >= 0.3 is 0 Å². The summed E-state index contributed by atoms with van der Waals surface area (Å²) in [6, 6.07) is 13.1. The van der Waals surface area contributed by atoms with Crippen LogP contribution in [-0.4, -0.2) is 7.05 Å². The molecule has 20 heavy (non-hydrogen) atoms. The third-order valence-electron chi connectivity index (χ3n) is 3.44. The summed E-state index contributed by atoms with van der Waals surface area (Å²) in [4.78, 5) is 2.03. The number of halogens is 1. The number of hydrogen-bond donors (Lipinski definition) is 1. The number of aryl methyl sites for hydroxylation is 1. The van der Waals surface area contributed by atoms with E-state index in [-0.39, 0.29) is 11.9 Å². The number of nitrogens with two attached hydrogens (primary N) is 1. The van der Waals surface area contributed by atoms with Crippen molar-refractivity contribution in [2.75, 3.05) is 11.9 Å². The molecule has 2 N–H and O–H groups in total. The van der Waals surface area contributed by atoms with Gasteiger partial charge in [0.15, 0.2) is 0 Å². The zero-order valence-corrected chi connectivity index (χ0v) is 12.2. The van der Waals surface area contributed by atoms with E-state index in [4.69, 9.17) is 5.73 Å². The van der Waals surface area contributed by atoms with Crippen LogP contribution >= 0.6 is 0 Å². The molecule has 0 aliphatic heterocycles. The molecule has 0 saturated heterocycles. The topological polar surface area (TPSA) is 29.3 Å². The van der Waals surface area contributed by atoms with Crippen molar-refractivity contribution < 1.29 is 4.39 Å². The SMILES string of the molecule is Cc1ccc(CN(C)c2cccc(F)c2[C@@H](C)N)cc1. The Labute approximate surface area is 120 Å². The maximum Gasteiger partial charge on any atom is 0.130 e. The van der Waals surface area contributed by atoms with E-state index < -0.39 is 0 Å². The zero-order chi connectivity index (χ0) is 14.7. The zero-order valence-electron chi connectivity index (χ0n) is 12.2. The molecule has 3 heteroatoms. The summed E-state index contributed by atoms with van der Waals surface area (Å²) in [5.41, 5.74) is 9.75. The van der Waals surface area contributed by atoms with Crippen LogP contribution < -0.4 is 10.6 Å². The lowest BCUT2D eigenvalue weighted by atomic mass is 10.0. The molecule has 2 aromatic carbocycles. The molecule has 0 amide bonds. The first-order valence-corrected chi connectivity index (χ1v) is 6.79. The molecule has 2 aromatic rings. The molecule has 2 rings (SSSR count). The number of anilines is 1. The van der Waals surface area contributed by atoms with Crippen LogP contribution in [0.25, 0.3) is 0 Å². The minimum atomic E-state index is -0.327. The van der Waals surface area contributed by atoms with E-state index in [0.717, 1.165) is 12.2 Å². The maximum absolute atomic E-state index is 13.9. The van der Waals surface area contributed by atoms with Gasteiger partial charge in [-0.2, -0.15) is 0 Å². The molecular weight excluding hydrogens is 251 g/mol. The van der Waals surface area contributed by atoms with Crippen LogP contribution in [0.2, 0.25) is 0 Å². The number of hydrogen-bond acceptors (Lipinski definition) is 2. The van der Waals surface area contributed by atoms with Crippen molar-refractivity contribution in [3.05, 3.63) is 65.0 Å². The van der Waals surface area contributed by atoms with E-state index in [0.29, 0.717) is 5.56 Å². The maximum atomic E-state index is 13.9. The van der Waals surface area contributed by atoms with Crippen LogP contribution in [0.1, 0.15) is 29.7 Å². The normalized spacial score (nSPS) is 12.2. The van der Waals surface area contributed by atoms with Crippen molar-refractivity contribution in [2.45, 2.75) is 26.4 Å². The molecule has 0 bridgehead atoms. The minimum absolute atomic E-state index is 0.242. The largest absolute Gasteiger partial charge is 0.370 e. The number of nitrogens with zero attached hydrogens (tertiary/aromatic N) is 1. The standard InChI is InChI=1S/C17H21FN2/c1-12-7-9-14(10-8-12)11-20(3)16-6-4-5-15(18)17(16)13(2)19/h4-10,13H,11,19H2,1-3H3/t13-/m1/s1. The monoisotopic (exact) mass is 272 g/mol. The molecular formula is C17H21FN2. The highest BCUT2D eigenvalue weighted by Crippen LogP contribution is 2.28. The van der Waals surface area contributed by atoms with E-state index in [9.17, 15) is 4.39 Å². The molecule has 0 aromatic heterocycles. The second-order valence-electron chi connectivity index (χ2n) is 5.30. The Morgan fingerprint density at radius 3 is 2.40 bits per heavy atom. The lowest BCUT2D eigenvalue weighted by molar-refractivity contribution is 0.592. The molecule has 0 saturated carbocycles. The molecule has 2 nitrogen and oxygen atoms in total. The van der Waals surface area contributed by atoms with Gasteiger partial charge in [0.2, 0.25) is 0 Å². The summed E-state index contributed by atoms with van der Waals surface area (Å²) in [6.45, 7) is 4.60. The predicted molar refractivity (Wildman–Crippen MR) is 82.3 cm³/mol. The van der Waals surface area contributed by atoms with Crippen molar-refractivity contribution >= 4 is 5.69 Å². The molecule has 0 fully saturated rings. The van der Waals surface area contributed by atoms with E-state index in [2.05, 4.69) is 31.2 Å². The van der Waals surface area contributed by atoms with Crippen molar-refractivity contribution in [1.82, 2.24) is 0 Å². The van der Waals surface area contributed by atoms with Crippen molar-refractivity contribution in [2.24, 2.45) is 5.73 Å². The molecule has 0 unspecified atom stereocenters. The van der Waals surface area contributed by atoms with E-state index in [1.54, 1.807) is 6.07 Å². The number of rotatable bonds is 4. The fourth-order valence-electron chi connectivity index (χ4n) is 2.36. The van der Waals surface area contributed by atoms with Crippen LogP contribution in [0.15, 0.2) is 42.5 Å². The summed E-state index contributed by atoms with van der Waals surface area (Å²) in [5, 5.41) is 0. The van der Waals surface area contributed by atoms with Gasteiger partial charge in [-0.3, -0.25) is 0 Å². The Bertz CT molecular complexity index is 576. The van der Waals surface area contributed by atoms with Gasteiger partial charge in [0.25, 0.3) is 0 Å². The fraction of sp³-hybridized carbons (Fsp3) is 0.294. The van der Waals surface area contributed by atoms with E-state index in [1.807, 2.05) is 24.9 Å². The Morgan fingerprint density at radius 2 is 1.80 bits per heavy atom. The molecule has 0 heterocycles. The minimum Gasteiger partial charge on any atom is -0.370 e. The van der Waals surface area contributed by atoms with Crippen LogP contribution in [0.3, 0.4) is 0 Å². The van der Waals surface area contributed by atoms with Gasteiger partial charge < -0.3 is 10.6 Å². The quantitative estimate of drug-likeness (QED) is 0.917. The highest BCUT2D eigenvalue weighted by atomic mass is 19.1. The molecule has 0 spiro atoms. The Kier molecular flexibility index (Phi) is 4.40. The van der Waals surface area contributed by atoms with Crippen molar-refractivity contribution in [3.63, 3.8) is 0 Å². The van der Waals surface area contributed by atoms with E-state index >= 15 is 0 Å². The van der Waals surface area contributed by atoms with Gasteiger partial charge in [0.05, 0.1) is 0 Å². The highest BCUT2D eigenvalue weighted by Gasteiger charge is 2.15. The smallest absolute Gasteiger partial charge is 0.130 e. The van der Waals surface area contributed by atoms with Crippen LogP contribution in [0, 0.1) is 12.7 Å². The van der Waals surface area contributed by atoms with Crippen LogP contribution in [0.4, 0.5) is 10.1 Å². The first-order valence-electron chi connectivity index (χ1n) is 6.79. The summed E-state index contributed by atoms with van der Waals surface area (Å²) in [5.74, 6) is -0.242. The fourth-order valence-corrected chi connectivity index (χ4v) is 2.36. The first kappa shape index (κ1) is 14.5. The van der Waals surface area contributed by atoms with Gasteiger partial charge in [-0.1, -0.05) is 35.9 Å². The summed E-state index contributed by atoms with van der Waals surface area (Å²) < 4.78 is 13.9. The van der Waals surface area contributed by atoms with Crippen LogP contribution in [-0.2, 0) is 6.54 Å². The Hall–Kier alpha value is -1.87. The highest BCUT2D eigenvalue weighted by molar-refractivity contribution is 5.55. The van der Waals surface area contributed by atoms with Gasteiger partial charge in [-0.25, -0.2) is 4.39 Å². The average Bonchev–Trinajstić information content (AvgIpc) is 2.40. The molecule has 0 radical (unpaired) electrons. The lowest BCUT2D eigenvalue weighted by Crippen LogP contribution is -2.21. The molecule has 0 aliphatic rings. The van der Waals surface area contributed by atoms with E-state index in [1.165, 1.54) is 17.2 Å². The summed E-state index contributed by atoms with van der Waals surface area (Å²) >= 11 is 0. The third-order valence-corrected chi connectivity index (χ3v) is 3.44. The molecule has 106 valence electrons.